The molecule has 3 rings (SSSR count). The predicted molar refractivity (Wildman–Crippen MR) is 84.9 cm³/mol. The van der Waals surface area contributed by atoms with Gasteiger partial charge in [-0.3, -0.25) is 14.3 Å². The van der Waals surface area contributed by atoms with Crippen LogP contribution in [0.1, 0.15) is 35.0 Å². The molecule has 2 aromatic rings. The minimum atomic E-state index is 0.0136. The first-order chi connectivity index (χ1) is 10.6. The van der Waals surface area contributed by atoms with Gasteiger partial charge in [0.1, 0.15) is 0 Å². The first kappa shape index (κ1) is 15.0. The van der Waals surface area contributed by atoms with Gasteiger partial charge in [0.15, 0.2) is 5.78 Å². The summed E-state index contributed by atoms with van der Waals surface area (Å²) in [6, 6.07) is 3.72. The van der Waals surface area contributed by atoms with Gasteiger partial charge in [-0.1, -0.05) is 0 Å². The summed E-state index contributed by atoms with van der Waals surface area (Å²) < 4.78 is 1.93. The maximum atomic E-state index is 12.1. The quantitative estimate of drug-likeness (QED) is 0.797. The van der Waals surface area contributed by atoms with Gasteiger partial charge in [0.25, 0.3) is 0 Å². The maximum Gasteiger partial charge on any atom is 0.224 e. The molecule has 0 aromatic carbocycles. The molecule has 0 bridgehead atoms. The van der Waals surface area contributed by atoms with E-state index in [9.17, 15) is 9.59 Å². The number of nitrogens with zero attached hydrogens (tertiary/aromatic N) is 2. The lowest BCUT2D eigenvalue weighted by atomic mass is 10.1. The molecule has 6 heteroatoms. The van der Waals surface area contributed by atoms with Crippen molar-refractivity contribution in [1.29, 1.82) is 0 Å². The van der Waals surface area contributed by atoms with Crippen molar-refractivity contribution < 1.29 is 9.59 Å². The number of rotatable bonds is 7. The molecule has 1 aliphatic rings. The number of amides is 1. The van der Waals surface area contributed by atoms with E-state index in [1.54, 1.807) is 13.1 Å². The topological polar surface area (TPSA) is 64.0 Å². The van der Waals surface area contributed by atoms with Crippen LogP contribution < -0.4 is 5.32 Å². The van der Waals surface area contributed by atoms with Crippen LogP contribution in [-0.4, -0.2) is 28.0 Å². The number of carbonyl (C=O) groups excluding carboxylic acids is 2. The highest BCUT2D eigenvalue weighted by molar-refractivity contribution is 7.12. The summed E-state index contributed by atoms with van der Waals surface area (Å²) in [4.78, 5) is 24.0. The summed E-state index contributed by atoms with van der Waals surface area (Å²) in [6.45, 7) is 3.09. The fraction of sp³-hybridized carbons (Fsp3) is 0.438. The van der Waals surface area contributed by atoms with Crippen molar-refractivity contribution in [1.82, 2.24) is 15.1 Å². The van der Waals surface area contributed by atoms with Gasteiger partial charge in [-0.05, 0) is 42.8 Å². The van der Waals surface area contributed by atoms with Crippen molar-refractivity contribution in [2.24, 2.45) is 5.41 Å². The zero-order chi connectivity index (χ0) is 15.6. The van der Waals surface area contributed by atoms with Crippen molar-refractivity contribution >= 4 is 23.0 Å². The van der Waals surface area contributed by atoms with Crippen LogP contribution in [0.2, 0.25) is 0 Å². The lowest BCUT2D eigenvalue weighted by molar-refractivity contribution is -0.120. The van der Waals surface area contributed by atoms with E-state index >= 15 is 0 Å². The number of Topliss-reactive ketones (excluding diaryl/α,β-unsaturated/α-hetero) is 1. The molecular formula is C16H19N3O2S. The molecule has 0 unspecified atom stereocenters. The van der Waals surface area contributed by atoms with E-state index in [2.05, 4.69) is 10.4 Å². The summed E-state index contributed by atoms with van der Waals surface area (Å²) >= 11 is 1.40. The van der Waals surface area contributed by atoms with Crippen molar-refractivity contribution in [3.63, 3.8) is 0 Å². The molecule has 2 heterocycles. The van der Waals surface area contributed by atoms with Crippen LogP contribution in [0.15, 0.2) is 29.9 Å². The number of hydrogen-bond acceptors (Lipinski definition) is 4. The minimum absolute atomic E-state index is 0.0136. The standard InChI is InChI=1S/C16H19N3O2S/c1-12(20)14-7-13(9-22-14)8-15(21)17-10-16(3-4-16)11-19-6-2-5-18-19/h2,5-7,9H,3-4,8,10-11H2,1H3,(H,17,21). The highest BCUT2D eigenvalue weighted by atomic mass is 32.1. The van der Waals surface area contributed by atoms with E-state index in [0.717, 1.165) is 24.9 Å². The first-order valence-electron chi connectivity index (χ1n) is 7.39. The number of ketones is 1. The van der Waals surface area contributed by atoms with Crippen molar-refractivity contribution in [2.75, 3.05) is 6.54 Å². The SMILES string of the molecule is CC(=O)c1cc(CC(=O)NCC2(Cn3cccn3)CC2)cs1. The Bertz CT molecular complexity index is 671. The van der Waals surface area contributed by atoms with Crippen LogP contribution in [0.3, 0.4) is 0 Å². The van der Waals surface area contributed by atoms with E-state index in [4.69, 9.17) is 0 Å². The van der Waals surface area contributed by atoms with Crippen LogP contribution in [-0.2, 0) is 17.8 Å². The average Bonchev–Trinajstić information content (AvgIpc) is 2.90. The second-order valence-corrected chi connectivity index (χ2v) is 6.94. The van der Waals surface area contributed by atoms with Crippen molar-refractivity contribution in [2.45, 2.75) is 32.7 Å². The van der Waals surface area contributed by atoms with Gasteiger partial charge >= 0.3 is 0 Å². The van der Waals surface area contributed by atoms with E-state index in [1.165, 1.54) is 11.3 Å². The van der Waals surface area contributed by atoms with Crippen LogP contribution in [0.25, 0.3) is 0 Å². The predicted octanol–water partition coefficient (Wildman–Crippen LogP) is 2.29. The Kier molecular flexibility index (Phi) is 4.11. The van der Waals surface area contributed by atoms with Gasteiger partial charge in [-0.15, -0.1) is 11.3 Å². The van der Waals surface area contributed by atoms with Gasteiger partial charge in [-0.2, -0.15) is 5.10 Å². The molecule has 22 heavy (non-hydrogen) atoms. The Morgan fingerprint density at radius 2 is 2.27 bits per heavy atom. The van der Waals surface area contributed by atoms with E-state index in [1.807, 2.05) is 28.4 Å². The molecule has 0 saturated heterocycles. The summed E-state index contributed by atoms with van der Waals surface area (Å²) in [7, 11) is 0. The normalized spacial score (nSPS) is 15.5. The van der Waals surface area contributed by atoms with Gasteiger partial charge in [0.05, 0.1) is 11.3 Å². The molecule has 1 aliphatic carbocycles. The second kappa shape index (κ2) is 6.04. The van der Waals surface area contributed by atoms with E-state index in [0.29, 0.717) is 17.8 Å². The number of thiophene rings is 1. The number of aromatic nitrogens is 2. The molecule has 1 N–H and O–H groups in total. The molecule has 0 aliphatic heterocycles. The summed E-state index contributed by atoms with van der Waals surface area (Å²) in [6.07, 6.45) is 6.32. The van der Waals surface area contributed by atoms with E-state index < -0.39 is 0 Å². The summed E-state index contributed by atoms with van der Waals surface area (Å²) in [5.74, 6) is 0.0625. The zero-order valence-electron chi connectivity index (χ0n) is 12.5. The fourth-order valence-electron chi connectivity index (χ4n) is 2.49. The molecule has 116 valence electrons. The van der Waals surface area contributed by atoms with Crippen LogP contribution in [0.5, 0.6) is 0 Å². The zero-order valence-corrected chi connectivity index (χ0v) is 13.4. The van der Waals surface area contributed by atoms with E-state index in [-0.39, 0.29) is 17.1 Å². The van der Waals surface area contributed by atoms with Crippen LogP contribution in [0, 0.1) is 5.41 Å². The molecule has 1 amide bonds. The fourth-order valence-corrected chi connectivity index (χ4v) is 3.31. The third-order valence-electron chi connectivity index (χ3n) is 4.04. The molecule has 0 atom stereocenters. The van der Waals surface area contributed by atoms with Crippen molar-refractivity contribution in [3.05, 3.63) is 40.3 Å². The van der Waals surface area contributed by atoms with Gasteiger partial charge in [0, 0.05) is 30.9 Å². The molecule has 2 aromatic heterocycles. The Hall–Kier alpha value is -1.95. The van der Waals surface area contributed by atoms with Gasteiger partial charge in [-0.25, -0.2) is 0 Å². The van der Waals surface area contributed by atoms with Crippen LogP contribution >= 0.6 is 11.3 Å². The molecular weight excluding hydrogens is 298 g/mol. The largest absolute Gasteiger partial charge is 0.355 e. The summed E-state index contributed by atoms with van der Waals surface area (Å²) in [5, 5.41) is 9.14. The van der Waals surface area contributed by atoms with Crippen molar-refractivity contribution in [3.8, 4) is 0 Å². The number of carbonyl (C=O) groups is 2. The lowest BCUT2D eigenvalue weighted by Gasteiger charge is -2.16. The Balaban J connectivity index is 1.48. The molecule has 1 saturated carbocycles. The van der Waals surface area contributed by atoms with Gasteiger partial charge < -0.3 is 5.32 Å². The third kappa shape index (κ3) is 3.62. The number of nitrogens with one attached hydrogen (secondary N) is 1. The lowest BCUT2D eigenvalue weighted by Crippen LogP contribution is -2.33. The highest BCUT2D eigenvalue weighted by Gasteiger charge is 2.43. The molecule has 5 nitrogen and oxygen atoms in total. The minimum Gasteiger partial charge on any atom is -0.355 e. The summed E-state index contributed by atoms with van der Waals surface area (Å²) in [5.41, 5.74) is 1.07. The Labute approximate surface area is 133 Å². The van der Waals surface area contributed by atoms with Gasteiger partial charge in [0.2, 0.25) is 5.91 Å². The Morgan fingerprint density at radius 1 is 1.45 bits per heavy atom. The second-order valence-electron chi connectivity index (χ2n) is 6.03. The monoisotopic (exact) mass is 317 g/mol. The highest BCUT2D eigenvalue weighted by Crippen LogP contribution is 2.46. The molecule has 0 radical (unpaired) electrons. The Morgan fingerprint density at radius 3 is 2.86 bits per heavy atom. The number of hydrogen-bond donors (Lipinski definition) is 1. The molecule has 0 spiro atoms. The third-order valence-corrected chi connectivity index (χ3v) is 5.12. The molecule has 1 fully saturated rings. The maximum absolute atomic E-state index is 12.1. The van der Waals surface area contributed by atoms with Crippen LogP contribution in [0.4, 0.5) is 0 Å². The smallest absolute Gasteiger partial charge is 0.224 e. The average molecular weight is 317 g/mol. The first-order valence-corrected chi connectivity index (χ1v) is 8.27.